The van der Waals surface area contributed by atoms with Gasteiger partial charge in [-0.25, -0.2) is 0 Å². The zero-order valence-corrected chi connectivity index (χ0v) is 12.9. The van der Waals surface area contributed by atoms with E-state index in [1.165, 1.54) is 11.1 Å². The summed E-state index contributed by atoms with van der Waals surface area (Å²) in [4.78, 5) is 4.11. The highest BCUT2D eigenvalue weighted by atomic mass is 79.9. The van der Waals surface area contributed by atoms with Gasteiger partial charge < -0.3 is 4.74 Å². The summed E-state index contributed by atoms with van der Waals surface area (Å²) >= 11 is 3.51. The summed E-state index contributed by atoms with van der Waals surface area (Å²) < 4.78 is 7.00. The van der Waals surface area contributed by atoms with Crippen molar-refractivity contribution in [2.75, 3.05) is 6.61 Å². The molecule has 1 aromatic carbocycles. The van der Waals surface area contributed by atoms with Crippen LogP contribution in [0.2, 0.25) is 0 Å². The molecule has 0 atom stereocenters. The van der Waals surface area contributed by atoms with Crippen molar-refractivity contribution < 1.29 is 4.74 Å². The topological polar surface area (TPSA) is 22.1 Å². The minimum atomic E-state index is 0.450. The lowest BCUT2D eigenvalue weighted by Gasteiger charge is -2.14. The van der Waals surface area contributed by atoms with Crippen LogP contribution in [0.3, 0.4) is 0 Å². The second kappa shape index (κ2) is 6.71. The molecule has 0 bridgehead atoms. The van der Waals surface area contributed by atoms with E-state index in [0.717, 1.165) is 16.6 Å². The second-order valence-electron chi connectivity index (χ2n) is 4.80. The third kappa shape index (κ3) is 4.06. The Balaban J connectivity index is 2.00. The first-order valence-electron chi connectivity index (χ1n) is 6.48. The molecule has 0 aliphatic carbocycles. The molecule has 0 radical (unpaired) electrons. The first-order valence-corrected chi connectivity index (χ1v) is 7.27. The molecular weight excluding hydrogens is 302 g/mol. The van der Waals surface area contributed by atoms with E-state index < -0.39 is 0 Å². The fourth-order valence-electron chi connectivity index (χ4n) is 1.93. The highest BCUT2D eigenvalue weighted by molar-refractivity contribution is 9.10. The van der Waals surface area contributed by atoms with Crippen LogP contribution in [0.1, 0.15) is 30.9 Å². The lowest BCUT2D eigenvalue weighted by molar-refractivity contribution is 0.317. The van der Waals surface area contributed by atoms with E-state index in [1.54, 1.807) is 6.20 Å². The molecule has 2 rings (SSSR count). The summed E-state index contributed by atoms with van der Waals surface area (Å²) in [5.41, 5.74) is 2.44. The minimum Gasteiger partial charge on any atom is -0.493 e. The Morgan fingerprint density at radius 2 is 2.11 bits per heavy atom. The summed E-state index contributed by atoms with van der Waals surface area (Å²) in [5.74, 6) is 1.42. The van der Waals surface area contributed by atoms with E-state index in [-0.39, 0.29) is 0 Å². The van der Waals surface area contributed by atoms with E-state index >= 15 is 0 Å². The highest BCUT2D eigenvalue weighted by Gasteiger charge is 2.08. The molecule has 1 heterocycles. The Morgan fingerprint density at radius 1 is 1.26 bits per heavy atom. The molecule has 0 N–H and O–H groups in total. The van der Waals surface area contributed by atoms with E-state index in [9.17, 15) is 0 Å². The van der Waals surface area contributed by atoms with Gasteiger partial charge in [-0.15, -0.1) is 0 Å². The Bertz CT molecular complexity index is 526. The predicted octanol–water partition coefficient (Wildman–Crippen LogP) is 4.59. The van der Waals surface area contributed by atoms with Gasteiger partial charge in [0.2, 0.25) is 0 Å². The largest absolute Gasteiger partial charge is 0.493 e. The second-order valence-corrected chi connectivity index (χ2v) is 5.71. The molecule has 0 unspecified atom stereocenters. The number of hydrogen-bond donors (Lipinski definition) is 0. The Labute approximate surface area is 123 Å². The zero-order chi connectivity index (χ0) is 13.7. The number of aromatic nitrogens is 1. The molecule has 3 heteroatoms. The Morgan fingerprint density at radius 3 is 2.79 bits per heavy atom. The van der Waals surface area contributed by atoms with E-state index in [1.807, 2.05) is 24.4 Å². The summed E-state index contributed by atoms with van der Waals surface area (Å²) in [6.45, 7) is 5.03. The van der Waals surface area contributed by atoms with Gasteiger partial charge in [-0.1, -0.05) is 35.8 Å². The molecule has 19 heavy (non-hydrogen) atoms. The van der Waals surface area contributed by atoms with Gasteiger partial charge in [0, 0.05) is 23.3 Å². The average Bonchev–Trinajstić information content (AvgIpc) is 2.41. The highest BCUT2D eigenvalue weighted by Crippen LogP contribution is 2.29. The predicted molar refractivity (Wildman–Crippen MR) is 81.7 cm³/mol. The van der Waals surface area contributed by atoms with Gasteiger partial charge in [0.25, 0.3) is 0 Å². The van der Waals surface area contributed by atoms with Gasteiger partial charge in [-0.2, -0.15) is 0 Å². The smallest absolute Gasteiger partial charge is 0.122 e. The van der Waals surface area contributed by atoms with Crippen LogP contribution >= 0.6 is 15.9 Å². The molecule has 0 amide bonds. The van der Waals surface area contributed by atoms with Crippen molar-refractivity contribution in [1.29, 1.82) is 0 Å². The Kier molecular flexibility index (Phi) is 4.97. The summed E-state index contributed by atoms with van der Waals surface area (Å²) in [7, 11) is 0. The van der Waals surface area contributed by atoms with Crippen LogP contribution in [0.5, 0.6) is 5.75 Å². The van der Waals surface area contributed by atoms with Crippen molar-refractivity contribution in [3.8, 4) is 5.75 Å². The number of benzene rings is 1. The third-order valence-electron chi connectivity index (χ3n) is 2.96. The monoisotopic (exact) mass is 319 g/mol. The summed E-state index contributed by atoms with van der Waals surface area (Å²) in [6.07, 6.45) is 4.55. The van der Waals surface area contributed by atoms with Crippen molar-refractivity contribution in [2.45, 2.75) is 26.2 Å². The number of halogens is 1. The normalized spacial score (nSPS) is 10.7. The maximum absolute atomic E-state index is 5.91. The first-order chi connectivity index (χ1) is 9.16. The first kappa shape index (κ1) is 14.1. The number of nitrogens with zero attached hydrogens (tertiary/aromatic N) is 1. The molecule has 0 aliphatic rings. The molecular formula is C16H18BrNO. The van der Waals surface area contributed by atoms with Crippen molar-refractivity contribution in [1.82, 2.24) is 4.98 Å². The molecule has 0 saturated carbocycles. The van der Waals surface area contributed by atoms with Crippen molar-refractivity contribution in [3.63, 3.8) is 0 Å². The van der Waals surface area contributed by atoms with Gasteiger partial charge in [-0.3, -0.25) is 4.98 Å². The lowest BCUT2D eigenvalue weighted by Crippen LogP contribution is -2.04. The average molecular weight is 320 g/mol. The molecule has 0 fully saturated rings. The van der Waals surface area contributed by atoms with Crippen LogP contribution in [-0.4, -0.2) is 11.6 Å². The zero-order valence-electron chi connectivity index (χ0n) is 11.3. The van der Waals surface area contributed by atoms with E-state index in [2.05, 4.69) is 46.9 Å². The van der Waals surface area contributed by atoms with Gasteiger partial charge in [0.05, 0.1) is 6.61 Å². The number of pyridine rings is 1. The minimum absolute atomic E-state index is 0.450. The van der Waals surface area contributed by atoms with Crippen LogP contribution in [0.25, 0.3) is 0 Å². The molecule has 0 spiro atoms. The van der Waals surface area contributed by atoms with Crippen LogP contribution in [0.4, 0.5) is 0 Å². The van der Waals surface area contributed by atoms with Crippen LogP contribution < -0.4 is 4.74 Å². The van der Waals surface area contributed by atoms with Gasteiger partial charge in [-0.05, 0) is 41.3 Å². The van der Waals surface area contributed by atoms with E-state index in [0.29, 0.717) is 12.5 Å². The fraction of sp³-hybridized carbons (Fsp3) is 0.312. The summed E-state index contributed by atoms with van der Waals surface area (Å²) in [5, 5.41) is 0. The van der Waals surface area contributed by atoms with Crippen molar-refractivity contribution in [2.24, 2.45) is 0 Å². The molecule has 0 aliphatic heterocycles. The lowest BCUT2D eigenvalue weighted by atomic mass is 10.0. The summed E-state index contributed by atoms with van der Waals surface area (Å²) in [6, 6.07) is 10.2. The number of hydrogen-bond acceptors (Lipinski definition) is 2. The van der Waals surface area contributed by atoms with Gasteiger partial charge in [0.1, 0.15) is 5.75 Å². The molecule has 2 aromatic rings. The Hall–Kier alpha value is -1.35. The maximum Gasteiger partial charge on any atom is 0.122 e. The molecule has 2 nitrogen and oxygen atoms in total. The van der Waals surface area contributed by atoms with Crippen LogP contribution in [0, 0.1) is 0 Å². The van der Waals surface area contributed by atoms with Crippen molar-refractivity contribution >= 4 is 15.9 Å². The van der Waals surface area contributed by atoms with Gasteiger partial charge in [0.15, 0.2) is 0 Å². The SMILES string of the molecule is CC(C)c1cc(Br)ccc1OCCc1cccnc1. The molecule has 100 valence electrons. The van der Waals surface area contributed by atoms with Crippen LogP contribution in [0.15, 0.2) is 47.2 Å². The van der Waals surface area contributed by atoms with Gasteiger partial charge >= 0.3 is 0 Å². The quantitative estimate of drug-likeness (QED) is 0.804. The van der Waals surface area contributed by atoms with Crippen LogP contribution in [-0.2, 0) is 6.42 Å². The van der Waals surface area contributed by atoms with E-state index in [4.69, 9.17) is 4.74 Å². The van der Waals surface area contributed by atoms with Crippen molar-refractivity contribution in [3.05, 3.63) is 58.3 Å². The molecule has 1 aromatic heterocycles. The molecule has 0 saturated heterocycles. The third-order valence-corrected chi connectivity index (χ3v) is 3.46. The number of rotatable bonds is 5. The fourth-order valence-corrected chi connectivity index (χ4v) is 2.31. The maximum atomic E-state index is 5.91. The standard InChI is InChI=1S/C16H18BrNO/c1-12(2)15-10-14(17)5-6-16(15)19-9-7-13-4-3-8-18-11-13/h3-6,8,10-12H,7,9H2,1-2H3. The number of ether oxygens (including phenoxy) is 1.